The van der Waals surface area contributed by atoms with Crippen molar-refractivity contribution in [1.82, 2.24) is 5.32 Å². The maximum absolute atomic E-state index is 10.3. The van der Waals surface area contributed by atoms with Gasteiger partial charge in [-0.05, 0) is 12.8 Å². The van der Waals surface area contributed by atoms with Gasteiger partial charge in [-0.1, -0.05) is 12.8 Å². The van der Waals surface area contributed by atoms with Crippen LogP contribution in [0.15, 0.2) is 0 Å². The largest absolute Gasteiger partial charge is 0.448 e. The van der Waals surface area contributed by atoms with E-state index >= 15 is 0 Å². The van der Waals surface area contributed by atoms with Crippen LogP contribution in [0.1, 0.15) is 25.7 Å². The van der Waals surface area contributed by atoms with Crippen LogP contribution in [0.5, 0.6) is 0 Å². The molecule has 1 rings (SSSR count). The fourth-order valence-electron chi connectivity index (χ4n) is 2.01. The van der Waals surface area contributed by atoms with Crippen LogP contribution in [0.4, 0.5) is 4.79 Å². The van der Waals surface area contributed by atoms with Gasteiger partial charge in [0.1, 0.15) is 6.61 Å². The van der Waals surface area contributed by atoms with E-state index in [0.29, 0.717) is 19.2 Å². The van der Waals surface area contributed by atoms with Gasteiger partial charge in [-0.25, -0.2) is 4.79 Å². The zero-order chi connectivity index (χ0) is 11.1. The summed E-state index contributed by atoms with van der Waals surface area (Å²) in [7, 11) is 1.74. The minimum absolute atomic E-state index is 0.285. The van der Waals surface area contributed by atoms with Gasteiger partial charge in [0.2, 0.25) is 0 Å². The summed E-state index contributed by atoms with van der Waals surface area (Å²) in [4.78, 5) is 10.3. The Hall–Kier alpha value is -0.810. The summed E-state index contributed by atoms with van der Waals surface area (Å²) >= 11 is 0. The normalized spacial score (nSPS) is 26.2. The highest BCUT2D eigenvalue weighted by Crippen LogP contribution is 2.20. The Balaban J connectivity index is 2.15. The molecule has 0 bridgehead atoms. The number of nitrogens with two attached hydrogens (primary N) is 1. The maximum atomic E-state index is 10.3. The number of methoxy groups -OCH3 is 1. The molecule has 5 heteroatoms. The van der Waals surface area contributed by atoms with Gasteiger partial charge in [0.25, 0.3) is 0 Å². The van der Waals surface area contributed by atoms with Crippen LogP contribution in [0.2, 0.25) is 0 Å². The number of hydrogen-bond acceptors (Lipinski definition) is 4. The van der Waals surface area contributed by atoms with Crippen LogP contribution in [-0.2, 0) is 9.47 Å². The van der Waals surface area contributed by atoms with Crippen molar-refractivity contribution in [2.75, 3.05) is 20.3 Å². The molecule has 2 atom stereocenters. The molecule has 3 N–H and O–H groups in total. The van der Waals surface area contributed by atoms with Gasteiger partial charge < -0.3 is 20.5 Å². The molecule has 0 aliphatic heterocycles. The van der Waals surface area contributed by atoms with Crippen molar-refractivity contribution < 1.29 is 14.3 Å². The Morgan fingerprint density at radius 2 is 2.20 bits per heavy atom. The zero-order valence-electron chi connectivity index (χ0n) is 9.20. The molecule has 1 saturated carbocycles. The molecule has 0 saturated heterocycles. The molecule has 0 heterocycles. The van der Waals surface area contributed by atoms with Crippen molar-refractivity contribution >= 4 is 6.09 Å². The Labute approximate surface area is 90.3 Å². The third kappa shape index (κ3) is 4.48. The number of carbonyl (C=O) groups excluding carboxylic acids is 1. The highest BCUT2D eigenvalue weighted by atomic mass is 16.5. The van der Waals surface area contributed by atoms with Gasteiger partial charge in [-0.2, -0.15) is 0 Å². The Morgan fingerprint density at radius 3 is 2.87 bits per heavy atom. The first-order valence-electron chi connectivity index (χ1n) is 5.42. The lowest BCUT2D eigenvalue weighted by Crippen LogP contribution is -2.44. The molecule has 1 fully saturated rings. The van der Waals surface area contributed by atoms with Gasteiger partial charge in [-0.15, -0.1) is 0 Å². The van der Waals surface area contributed by atoms with Gasteiger partial charge in [-0.3, -0.25) is 0 Å². The number of ether oxygens (including phenoxy) is 2. The van der Waals surface area contributed by atoms with Gasteiger partial charge in [0.05, 0.1) is 6.10 Å². The lowest BCUT2D eigenvalue weighted by Gasteiger charge is -2.31. The van der Waals surface area contributed by atoms with E-state index in [1.807, 2.05) is 0 Å². The van der Waals surface area contributed by atoms with E-state index < -0.39 is 6.09 Å². The molecular formula is C10H20N2O3. The van der Waals surface area contributed by atoms with Crippen LogP contribution < -0.4 is 11.1 Å². The fourth-order valence-corrected chi connectivity index (χ4v) is 2.01. The van der Waals surface area contributed by atoms with Crippen LogP contribution in [-0.4, -0.2) is 38.5 Å². The number of rotatable bonds is 5. The van der Waals surface area contributed by atoms with Crippen molar-refractivity contribution in [2.45, 2.75) is 37.8 Å². The molecular weight excluding hydrogens is 196 g/mol. The van der Waals surface area contributed by atoms with Crippen LogP contribution in [0.25, 0.3) is 0 Å². The average Bonchev–Trinajstić information content (AvgIpc) is 2.24. The van der Waals surface area contributed by atoms with Crippen molar-refractivity contribution in [2.24, 2.45) is 5.73 Å². The second kappa shape index (κ2) is 6.63. The standard InChI is InChI=1S/C10H20N2O3/c1-14-9-5-3-2-4-8(9)12-6-7-15-10(11)13/h8-9,12H,2-7H2,1H3,(H2,11,13). The van der Waals surface area contributed by atoms with Crippen LogP contribution in [0, 0.1) is 0 Å². The molecule has 1 aliphatic rings. The molecule has 0 aromatic carbocycles. The van der Waals surface area contributed by atoms with Crippen molar-refractivity contribution in [3.8, 4) is 0 Å². The molecule has 0 spiro atoms. The molecule has 15 heavy (non-hydrogen) atoms. The second-order valence-electron chi connectivity index (χ2n) is 3.79. The number of hydrogen-bond donors (Lipinski definition) is 2. The number of primary amides is 1. The van der Waals surface area contributed by atoms with E-state index in [1.165, 1.54) is 12.8 Å². The predicted molar refractivity (Wildman–Crippen MR) is 56.6 cm³/mol. The maximum Gasteiger partial charge on any atom is 0.404 e. The predicted octanol–water partition coefficient (Wildman–Crippen LogP) is 0.629. The summed E-state index contributed by atoms with van der Waals surface area (Å²) < 4.78 is 10.0. The van der Waals surface area contributed by atoms with E-state index in [-0.39, 0.29) is 6.10 Å². The number of nitrogens with one attached hydrogen (secondary N) is 1. The Bertz CT molecular complexity index is 199. The van der Waals surface area contributed by atoms with E-state index in [2.05, 4.69) is 10.1 Å². The van der Waals surface area contributed by atoms with E-state index in [0.717, 1.165) is 12.8 Å². The van der Waals surface area contributed by atoms with E-state index in [4.69, 9.17) is 10.5 Å². The summed E-state index contributed by atoms with van der Waals surface area (Å²) in [5, 5.41) is 3.32. The molecule has 1 aliphatic carbocycles. The lowest BCUT2D eigenvalue weighted by atomic mass is 9.92. The average molecular weight is 216 g/mol. The minimum atomic E-state index is -0.719. The van der Waals surface area contributed by atoms with Crippen molar-refractivity contribution in [1.29, 1.82) is 0 Å². The molecule has 1 amide bonds. The van der Waals surface area contributed by atoms with Crippen molar-refractivity contribution in [3.63, 3.8) is 0 Å². The van der Waals surface area contributed by atoms with Crippen LogP contribution in [0.3, 0.4) is 0 Å². The van der Waals surface area contributed by atoms with Crippen LogP contribution >= 0.6 is 0 Å². The summed E-state index contributed by atoms with van der Waals surface area (Å²) in [5.74, 6) is 0. The highest BCUT2D eigenvalue weighted by molar-refractivity contribution is 5.64. The highest BCUT2D eigenvalue weighted by Gasteiger charge is 2.23. The molecule has 0 aromatic rings. The molecule has 5 nitrogen and oxygen atoms in total. The molecule has 88 valence electrons. The Kier molecular flexibility index (Phi) is 5.42. The van der Waals surface area contributed by atoms with Gasteiger partial charge in [0, 0.05) is 19.7 Å². The number of amides is 1. The summed E-state index contributed by atoms with van der Waals surface area (Å²) in [6.45, 7) is 0.954. The smallest absolute Gasteiger partial charge is 0.404 e. The first kappa shape index (κ1) is 12.3. The zero-order valence-corrected chi connectivity index (χ0v) is 9.20. The van der Waals surface area contributed by atoms with E-state index in [9.17, 15) is 4.79 Å². The van der Waals surface area contributed by atoms with Gasteiger partial charge in [0.15, 0.2) is 0 Å². The molecule has 0 radical (unpaired) electrons. The SMILES string of the molecule is COC1CCCCC1NCCOC(N)=O. The third-order valence-corrected chi connectivity index (χ3v) is 2.76. The summed E-state index contributed by atoms with van der Waals surface area (Å²) in [5.41, 5.74) is 4.85. The molecule has 0 aromatic heterocycles. The topological polar surface area (TPSA) is 73.6 Å². The summed E-state index contributed by atoms with van der Waals surface area (Å²) in [6.07, 6.45) is 4.25. The first-order valence-corrected chi connectivity index (χ1v) is 5.42. The third-order valence-electron chi connectivity index (χ3n) is 2.76. The Morgan fingerprint density at radius 1 is 1.47 bits per heavy atom. The lowest BCUT2D eigenvalue weighted by molar-refractivity contribution is 0.0400. The van der Waals surface area contributed by atoms with E-state index in [1.54, 1.807) is 7.11 Å². The quantitative estimate of drug-likeness (QED) is 0.661. The monoisotopic (exact) mass is 216 g/mol. The van der Waals surface area contributed by atoms with Crippen molar-refractivity contribution in [3.05, 3.63) is 0 Å². The number of carbonyl (C=O) groups is 1. The molecule has 2 unspecified atom stereocenters. The first-order chi connectivity index (χ1) is 7.24. The fraction of sp³-hybridized carbons (Fsp3) is 0.900. The minimum Gasteiger partial charge on any atom is -0.448 e. The second-order valence-corrected chi connectivity index (χ2v) is 3.79. The van der Waals surface area contributed by atoms with Gasteiger partial charge >= 0.3 is 6.09 Å². The summed E-state index contributed by atoms with van der Waals surface area (Å²) in [6, 6.07) is 0.375.